The molecule has 40 heavy (non-hydrogen) atoms. The molecule has 212 valence electrons. The number of likely N-dealkylation sites (N-methyl/N-ethyl adjacent to an activating group) is 1. The minimum absolute atomic E-state index is 0.0339. The van der Waals surface area contributed by atoms with E-state index in [4.69, 9.17) is 28.2 Å². The van der Waals surface area contributed by atoms with Crippen LogP contribution in [0.2, 0.25) is 10.0 Å². The molecule has 10 heteroatoms. The van der Waals surface area contributed by atoms with E-state index in [0.717, 1.165) is 78.8 Å². The summed E-state index contributed by atoms with van der Waals surface area (Å²) in [6.07, 6.45) is 3.02. The second kappa shape index (κ2) is 12.7. The van der Waals surface area contributed by atoms with Crippen molar-refractivity contribution in [2.24, 2.45) is 9.98 Å². The molecule has 1 saturated heterocycles. The van der Waals surface area contributed by atoms with Crippen LogP contribution in [0.5, 0.6) is 0 Å². The molecule has 5 rings (SSSR count). The van der Waals surface area contributed by atoms with Crippen molar-refractivity contribution in [2.45, 2.75) is 33.1 Å². The Labute approximate surface area is 257 Å². The molecule has 3 heterocycles. The van der Waals surface area contributed by atoms with Crippen LogP contribution in [0.3, 0.4) is 0 Å². The standard InChI is InChI=1S/C30H35Cl2IN6O/c1-20-13-21(2)15-25(14-20)30(40)36(4)18-24(23-5-6-26(31)27(32)16-23)7-8-37-9-11-38(12-10-37)29-28-34-19-33-39(28)17-22(3)35-29/h5-6,13-17,19,24H,7-12,18H2,1-4H3/t24-/m1/s1. The van der Waals surface area contributed by atoms with E-state index < -0.39 is 0 Å². The van der Waals surface area contributed by atoms with Crippen LogP contribution in [0, 0.1) is 13.8 Å². The summed E-state index contributed by atoms with van der Waals surface area (Å²) in [7, 11) is 1.89. The quantitative estimate of drug-likeness (QED) is 0.260. The van der Waals surface area contributed by atoms with Gasteiger partial charge in [-0.3, -0.25) is 12.8 Å². The zero-order valence-electron chi connectivity index (χ0n) is 23.4. The minimum Gasteiger partial charge on any atom is -0.351 e. The van der Waals surface area contributed by atoms with Crippen molar-refractivity contribution in [3.8, 4) is 0 Å². The Morgan fingerprint density at radius 2 is 1.73 bits per heavy atom. The number of aliphatic imine (C=N–C) groups is 2. The Balaban J connectivity index is 1.24. The smallest absolute Gasteiger partial charge is 0.253 e. The number of halogens is 3. The number of amides is 1. The highest BCUT2D eigenvalue weighted by molar-refractivity contribution is 14.2. The fourth-order valence-corrected chi connectivity index (χ4v) is 7.60. The number of piperazine rings is 1. The van der Waals surface area contributed by atoms with E-state index in [1.165, 1.54) is 0 Å². The molecule has 1 fully saturated rings. The number of amidine groups is 2. The van der Waals surface area contributed by atoms with E-state index in [1.54, 1.807) is 0 Å². The molecule has 0 radical (unpaired) electrons. The number of nitrogens with zero attached hydrogens (tertiary/aromatic N) is 6. The largest absolute Gasteiger partial charge is 0.351 e. The molecule has 3 aliphatic rings. The highest BCUT2D eigenvalue weighted by atomic mass is 127. The first kappa shape index (κ1) is 29.2. The zero-order valence-corrected chi connectivity index (χ0v) is 27.0. The third-order valence-corrected chi connectivity index (χ3v) is 10.1. The first-order chi connectivity index (χ1) is 19.2. The third kappa shape index (κ3) is 6.78. The summed E-state index contributed by atoms with van der Waals surface area (Å²) in [6, 6.07) is 11.9. The van der Waals surface area contributed by atoms with Gasteiger partial charge in [-0.05, 0) is 63.6 Å². The van der Waals surface area contributed by atoms with Crippen molar-refractivity contribution in [1.29, 1.82) is 0 Å². The number of aryl methyl sites for hydroxylation is 2. The van der Waals surface area contributed by atoms with Crippen molar-refractivity contribution in [1.82, 2.24) is 17.8 Å². The highest BCUT2D eigenvalue weighted by Crippen LogP contribution is 2.30. The van der Waals surface area contributed by atoms with Gasteiger partial charge in [0.05, 0.1) is 19.9 Å². The first-order valence-corrected chi connectivity index (χ1v) is 16.5. The molecular weight excluding hydrogens is 658 g/mol. The van der Waals surface area contributed by atoms with Crippen molar-refractivity contribution < 1.29 is 4.79 Å². The van der Waals surface area contributed by atoms with Gasteiger partial charge >= 0.3 is 0 Å². The first-order valence-electron chi connectivity index (χ1n) is 13.5. The molecule has 0 N–H and O–H groups in total. The molecule has 2 aromatic carbocycles. The van der Waals surface area contributed by atoms with E-state index in [9.17, 15) is 4.79 Å². The molecule has 0 spiro atoms. The van der Waals surface area contributed by atoms with Crippen molar-refractivity contribution in [2.75, 3.05) is 46.3 Å². The fourth-order valence-electron chi connectivity index (χ4n) is 5.46. The number of fused-ring (bicyclic) bond motifs is 1. The van der Waals surface area contributed by atoms with Gasteiger partial charge in [0, 0.05) is 78.5 Å². The number of allylic oxidation sites excluding steroid dienone is 1. The lowest BCUT2D eigenvalue weighted by molar-refractivity contribution is 0.0781. The molecule has 0 aromatic heterocycles. The average Bonchev–Trinajstić information content (AvgIpc) is 3.40. The van der Waals surface area contributed by atoms with Crippen LogP contribution in [0.1, 0.15) is 46.3 Å². The Bertz CT molecular complexity index is 1390. The molecule has 7 nitrogen and oxygen atoms in total. The van der Waals surface area contributed by atoms with Crippen molar-refractivity contribution in [3.05, 3.63) is 80.6 Å². The van der Waals surface area contributed by atoms with E-state index in [0.29, 0.717) is 16.6 Å². The lowest BCUT2D eigenvalue weighted by atomic mass is 9.94. The van der Waals surface area contributed by atoms with E-state index in [-0.39, 0.29) is 32.8 Å². The molecule has 0 unspecified atom stereocenters. The van der Waals surface area contributed by atoms with Gasteiger partial charge in [-0.15, -0.1) is 0 Å². The average molecular weight is 693 g/mol. The third-order valence-electron chi connectivity index (χ3n) is 7.49. The Morgan fingerprint density at radius 3 is 2.42 bits per heavy atom. The van der Waals surface area contributed by atoms with Crippen LogP contribution in [-0.4, -0.2) is 85.8 Å². The number of rotatable bonds is 7. The maximum atomic E-state index is 13.4. The lowest BCUT2D eigenvalue weighted by Gasteiger charge is -2.38. The Morgan fingerprint density at radius 1 is 1.00 bits per heavy atom. The van der Waals surface area contributed by atoms with Gasteiger partial charge in [0.1, 0.15) is 0 Å². The van der Waals surface area contributed by atoms with Crippen LogP contribution in [-0.2, 0) is 0 Å². The van der Waals surface area contributed by atoms with Crippen LogP contribution in [0.4, 0.5) is 0 Å². The maximum absolute atomic E-state index is 13.4. The number of benzene rings is 2. The maximum Gasteiger partial charge on any atom is 0.253 e. The van der Waals surface area contributed by atoms with Crippen LogP contribution >= 0.6 is 44.2 Å². The van der Waals surface area contributed by atoms with Crippen molar-refractivity contribution >= 4 is 65.9 Å². The monoisotopic (exact) mass is 692 g/mol. The lowest BCUT2D eigenvalue weighted by Crippen LogP contribution is -2.52. The summed E-state index contributed by atoms with van der Waals surface area (Å²) >= 11 is 12.4. The summed E-state index contributed by atoms with van der Waals surface area (Å²) in [5.41, 5.74) is 5.05. The Kier molecular flexibility index (Phi) is 9.29. The van der Waals surface area contributed by atoms with E-state index in [1.807, 2.05) is 56.1 Å². The molecule has 0 aliphatic carbocycles. The van der Waals surface area contributed by atoms with Gasteiger partial charge < -0.3 is 9.80 Å². The second-order valence-corrected chi connectivity index (χ2v) is 13.7. The van der Waals surface area contributed by atoms with Gasteiger partial charge in [-0.2, -0.15) is 0 Å². The van der Waals surface area contributed by atoms with Crippen LogP contribution < -0.4 is 0 Å². The Hall–Kier alpha value is -2.27. The summed E-state index contributed by atoms with van der Waals surface area (Å²) < 4.78 is 4.33. The van der Waals surface area contributed by atoms with Gasteiger partial charge in [-0.1, -0.05) is 46.5 Å². The fraction of sp³-hybridized carbons (Fsp3) is 0.400. The topological polar surface area (TPSA) is 54.8 Å². The van der Waals surface area contributed by atoms with Crippen molar-refractivity contribution in [3.63, 3.8) is 0 Å². The van der Waals surface area contributed by atoms with E-state index >= 15 is 0 Å². The van der Waals surface area contributed by atoms with Gasteiger partial charge in [-0.25, -0.2) is 9.98 Å². The predicted octanol–water partition coefficient (Wildman–Crippen LogP) is 6.11. The molecule has 3 aliphatic heterocycles. The van der Waals surface area contributed by atoms with Crippen LogP contribution in [0.25, 0.3) is 0 Å². The normalized spacial score (nSPS) is 18.0. The highest BCUT2D eigenvalue weighted by Gasteiger charge is 2.29. The molecule has 1 atom stereocenters. The van der Waals surface area contributed by atoms with Gasteiger partial charge in [0.15, 0.2) is 11.7 Å². The number of carbonyl (C=O) groups excluding carboxylic acids is 1. The zero-order chi connectivity index (χ0) is 28.4. The van der Waals surface area contributed by atoms with Gasteiger partial charge in [0.25, 0.3) is 5.91 Å². The van der Waals surface area contributed by atoms with Crippen LogP contribution in [0.15, 0.2) is 58.3 Å². The molecule has 1 amide bonds. The predicted molar refractivity (Wildman–Crippen MR) is 175 cm³/mol. The summed E-state index contributed by atoms with van der Waals surface area (Å²) in [6.45, 7) is 11.4. The minimum atomic E-state index is -0.212. The molecule has 0 bridgehead atoms. The summed E-state index contributed by atoms with van der Waals surface area (Å²) in [5.74, 6) is 2.17. The molecule has 0 saturated carbocycles. The second-order valence-electron chi connectivity index (χ2n) is 10.7. The molecule has 2 aromatic rings. The van der Waals surface area contributed by atoms with E-state index in [2.05, 4.69) is 41.2 Å². The summed E-state index contributed by atoms with van der Waals surface area (Å²) in [5, 5.41) is 1.09. The number of hydrogen-bond donors (Lipinski definition) is 0. The number of carbonyl (C=O) groups is 1. The van der Waals surface area contributed by atoms with Gasteiger partial charge in [0.2, 0.25) is 0 Å². The SMILES string of the molecule is CC1=CN2I=CN=C2C(N2CCN(CC[C@H](CN(C)C(=O)c3cc(C)cc(C)c3)c3ccc(Cl)c(Cl)c3)CC2)=N1. The summed E-state index contributed by atoms with van der Waals surface area (Å²) in [4.78, 5) is 29.5. The molecular formula is C30H35Cl2IN6O. The number of hydrogen-bond acceptors (Lipinski definition) is 6.